The lowest BCUT2D eigenvalue weighted by Crippen LogP contribution is -2.29. The highest BCUT2D eigenvalue weighted by Crippen LogP contribution is 2.39. The number of hydrogen-bond donors (Lipinski definition) is 0. The van der Waals surface area contributed by atoms with Gasteiger partial charge in [-0.05, 0) is 42.9 Å². The first-order valence-corrected chi connectivity index (χ1v) is 7.14. The van der Waals surface area contributed by atoms with Crippen LogP contribution >= 0.6 is 15.9 Å². The van der Waals surface area contributed by atoms with E-state index in [2.05, 4.69) is 15.9 Å². The summed E-state index contributed by atoms with van der Waals surface area (Å²) in [6.07, 6.45) is 1.72. The van der Waals surface area contributed by atoms with Gasteiger partial charge >= 0.3 is 0 Å². The topological polar surface area (TPSA) is 0 Å². The Morgan fingerprint density at radius 1 is 1.28 bits per heavy atom. The molecule has 1 aliphatic rings. The summed E-state index contributed by atoms with van der Waals surface area (Å²) in [4.78, 5) is 0.149. The smallest absolute Gasteiger partial charge is 0.207 e. The van der Waals surface area contributed by atoms with Gasteiger partial charge in [-0.1, -0.05) is 28.1 Å². The zero-order chi connectivity index (χ0) is 13.2. The lowest BCUT2D eigenvalue weighted by atomic mass is 9.83. The van der Waals surface area contributed by atoms with Crippen LogP contribution in [0.3, 0.4) is 0 Å². The maximum atomic E-state index is 13.1. The number of alkyl halides is 3. The highest BCUT2D eigenvalue weighted by atomic mass is 79.9. The van der Waals surface area contributed by atoms with E-state index in [0.29, 0.717) is 19.3 Å². The Labute approximate surface area is 114 Å². The molecule has 100 valence electrons. The average Bonchev–Trinajstić information content (AvgIpc) is 2.28. The molecule has 2 rings (SSSR count). The molecule has 0 saturated heterocycles. The van der Waals surface area contributed by atoms with Crippen LogP contribution in [0.25, 0.3) is 0 Å². The van der Waals surface area contributed by atoms with Crippen molar-refractivity contribution in [3.05, 3.63) is 35.6 Å². The monoisotopic (exact) mass is 320 g/mol. The maximum absolute atomic E-state index is 13.1. The first kappa shape index (κ1) is 13.9. The van der Waals surface area contributed by atoms with Gasteiger partial charge in [0.25, 0.3) is 0 Å². The van der Waals surface area contributed by atoms with Crippen LogP contribution in [0.5, 0.6) is 0 Å². The fourth-order valence-electron chi connectivity index (χ4n) is 2.48. The second-order valence-corrected chi connectivity index (χ2v) is 6.22. The van der Waals surface area contributed by atoms with Crippen LogP contribution in [-0.2, 0) is 6.42 Å². The first-order valence-electron chi connectivity index (χ1n) is 6.23. The molecule has 0 heterocycles. The summed E-state index contributed by atoms with van der Waals surface area (Å²) in [6, 6.07) is 6.47. The Hall–Kier alpha value is -0.510. The number of halogens is 4. The van der Waals surface area contributed by atoms with Crippen molar-refractivity contribution in [1.82, 2.24) is 0 Å². The van der Waals surface area contributed by atoms with E-state index in [-0.39, 0.29) is 29.4 Å². The average molecular weight is 321 g/mol. The quantitative estimate of drug-likeness (QED) is 0.691. The lowest BCUT2D eigenvalue weighted by Gasteiger charge is -2.31. The molecule has 1 atom stereocenters. The molecule has 0 N–H and O–H groups in total. The van der Waals surface area contributed by atoms with E-state index in [1.54, 1.807) is 6.07 Å². The van der Waals surface area contributed by atoms with Gasteiger partial charge in [0.05, 0.1) is 0 Å². The molecule has 0 nitrogen and oxygen atoms in total. The van der Waals surface area contributed by atoms with Crippen molar-refractivity contribution in [1.29, 1.82) is 0 Å². The first-order chi connectivity index (χ1) is 8.46. The highest BCUT2D eigenvalue weighted by molar-refractivity contribution is 9.09. The molecule has 1 saturated carbocycles. The SMILES string of the molecule is Fc1cccc(CC(Br)C2CCC(F)(F)CC2)c1. The van der Waals surface area contributed by atoms with Gasteiger partial charge in [0.1, 0.15) is 5.82 Å². The fourth-order valence-corrected chi connectivity index (χ4v) is 3.38. The van der Waals surface area contributed by atoms with Crippen LogP contribution < -0.4 is 0 Å². The van der Waals surface area contributed by atoms with Gasteiger partial charge in [-0.2, -0.15) is 0 Å². The molecular weight excluding hydrogens is 305 g/mol. The second-order valence-electron chi connectivity index (χ2n) is 5.04. The van der Waals surface area contributed by atoms with Gasteiger partial charge in [-0.15, -0.1) is 0 Å². The second kappa shape index (κ2) is 5.64. The summed E-state index contributed by atoms with van der Waals surface area (Å²) in [5, 5.41) is 0. The van der Waals surface area contributed by atoms with Gasteiger partial charge in [0.2, 0.25) is 5.92 Å². The summed E-state index contributed by atoms with van der Waals surface area (Å²) in [5.74, 6) is -2.47. The van der Waals surface area contributed by atoms with E-state index >= 15 is 0 Å². The van der Waals surface area contributed by atoms with Crippen LogP contribution in [0, 0.1) is 11.7 Å². The molecule has 0 aliphatic heterocycles. The number of hydrogen-bond acceptors (Lipinski definition) is 0. The van der Waals surface area contributed by atoms with Crippen molar-refractivity contribution in [2.24, 2.45) is 5.92 Å². The zero-order valence-corrected chi connectivity index (χ0v) is 11.6. The van der Waals surface area contributed by atoms with E-state index in [1.165, 1.54) is 12.1 Å². The van der Waals surface area contributed by atoms with E-state index in [4.69, 9.17) is 0 Å². The zero-order valence-electron chi connectivity index (χ0n) is 10.0. The van der Waals surface area contributed by atoms with Gasteiger partial charge in [-0.25, -0.2) is 13.2 Å². The molecule has 1 aromatic carbocycles. The van der Waals surface area contributed by atoms with Crippen molar-refractivity contribution >= 4 is 15.9 Å². The molecule has 4 heteroatoms. The molecule has 1 fully saturated rings. The summed E-state index contributed by atoms with van der Waals surface area (Å²) in [6.45, 7) is 0. The van der Waals surface area contributed by atoms with Crippen molar-refractivity contribution in [2.45, 2.75) is 42.9 Å². The molecular formula is C14H16BrF3. The predicted octanol–water partition coefficient (Wildman–Crippen LogP) is 4.96. The molecule has 18 heavy (non-hydrogen) atoms. The van der Waals surface area contributed by atoms with Gasteiger partial charge in [-0.3, -0.25) is 0 Å². The largest absolute Gasteiger partial charge is 0.248 e. The minimum atomic E-state index is -2.48. The van der Waals surface area contributed by atoms with Crippen LogP contribution in [0.1, 0.15) is 31.2 Å². The third-order valence-electron chi connectivity index (χ3n) is 3.59. The van der Waals surface area contributed by atoms with E-state index < -0.39 is 5.92 Å². The predicted molar refractivity (Wildman–Crippen MR) is 69.7 cm³/mol. The summed E-state index contributed by atoms with van der Waals surface area (Å²) in [7, 11) is 0. The molecule has 0 amide bonds. The normalized spacial score (nSPS) is 21.8. The van der Waals surface area contributed by atoms with Gasteiger partial charge in [0, 0.05) is 17.7 Å². The Balaban J connectivity index is 1.91. The number of benzene rings is 1. The molecule has 0 radical (unpaired) electrons. The Morgan fingerprint density at radius 3 is 2.56 bits per heavy atom. The molecule has 0 aromatic heterocycles. The third-order valence-corrected chi connectivity index (χ3v) is 4.66. The van der Waals surface area contributed by atoms with E-state index in [1.807, 2.05) is 6.07 Å². The van der Waals surface area contributed by atoms with E-state index in [0.717, 1.165) is 5.56 Å². The molecule has 0 spiro atoms. The Morgan fingerprint density at radius 2 is 1.94 bits per heavy atom. The van der Waals surface area contributed by atoms with Crippen LogP contribution in [0.4, 0.5) is 13.2 Å². The van der Waals surface area contributed by atoms with Crippen molar-refractivity contribution < 1.29 is 13.2 Å². The number of rotatable bonds is 3. The van der Waals surface area contributed by atoms with Crippen molar-refractivity contribution in [3.63, 3.8) is 0 Å². The molecule has 1 aliphatic carbocycles. The summed E-state index contributed by atoms with van der Waals surface area (Å²) < 4.78 is 39.2. The maximum Gasteiger partial charge on any atom is 0.248 e. The van der Waals surface area contributed by atoms with Gasteiger partial charge < -0.3 is 0 Å². The molecule has 1 unspecified atom stereocenters. The standard InChI is InChI=1S/C14H16BrF3/c15-13(9-10-2-1-3-12(16)8-10)11-4-6-14(17,18)7-5-11/h1-3,8,11,13H,4-7,9H2. The minimum absolute atomic E-state index is 0.0249. The lowest BCUT2D eigenvalue weighted by molar-refractivity contribution is -0.0456. The molecule has 1 aromatic rings. The van der Waals surface area contributed by atoms with Crippen LogP contribution in [0.15, 0.2) is 24.3 Å². The van der Waals surface area contributed by atoms with Crippen molar-refractivity contribution in [3.8, 4) is 0 Å². The third kappa shape index (κ3) is 3.74. The Kier molecular flexibility index (Phi) is 4.36. The van der Waals surface area contributed by atoms with Crippen LogP contribution in [0.2, 0.25) is 0 Å². The molecule has 0 bridgehead atoms. The summed E-state index contributed by atoms with van der Waals surface area (Å²) in [5.41, 5.74) is 0.911. The van der Waals surface area contributed by atoms with Crippen molar-refractivity contribution in [2.75, 3.05) is 0 Å². The Bertz CT molecular complexity index is 396. The van der Waals surface area contributed by atoms with Crippen LogP contribution in [-0.4, -0.2) is 10.7 Å². The summed E-state index contributed by atoms with van der Waals surface area (Å²) >= 11 is 3.57. The minimum Gasteiger partial charge on any atom is -0.207 e. The highest BCUT2D eigenvalue weighted by Gasteiger charge is 2.36. The van der Waals surface area contributed by atoms with Gasteiger partial charge in [0.15, 0.2) is 0 Å². The fraction of sp³-hybridized carbons (Fsp3) is 0.571. The van der Waals surface area contributed by atoms with E-state index in [9.17, 15) is 13.2 Å².